The highest BCUT2D eigenvalue weighted by Gasteiger charge is 2.08. The van der Waals surface area contributed by atoms with Gasteiger partial charge in [0.05, 0.1) is 5.52 Å². The summed E-state index contributed by atoms with van der Waals surface area (Å²) in [5.74, 6) is 0. The topological polar surface area (TPSA) is 42.2 Å². The molecule has 0 fully saturated rings. The molecule has 0 saturated heterocycles. The summed E-state index contributed by atoms with van der Waals surface area (Å²) in [6.07, 6.45) is 1.85. The number of benzene rings is 1. The summed E-state index contributed by atoms with van der Waals surface area (Å²) in [6.45, 7) is 4.96. The summed E-state index contributed by atoms with van der Waals surface area (Å²) in [6, 6.07) is 8.53. The Morgan fingerprint density at radius 3 is 2.82 bits per heavy atom. The molecule has 0 bridgehead atoms. The van der Waals surface area contributed by atoms with Gasteiger partial charge in [0.15, 0.2) is 0 Å². The fourth-order valence-corrected chi connectivity index (χ4v) is 2.11. The lowest BCUT2D eigenvalue weighted by atomic mass is 10.1. The molecule has 17 heavy (non-hydrogen) atoms. The Hall–Kier alpha value is -1.61. The van der Waals surface area contributed by atoms with Crippen LogP contribution in [0.3, 0.4) is 0 Å². The summed E-state index contributed by atoms with van der Waals surface area (Å²) >= 11 is 0. The Morgan fingerprint density at radius 2 is 2.12 bits per heavy atom. The smallest absolute Gasteiger partial charge is 0.0722 e. The summed E-state index contributed by atoms with van der Waals surface area (Å²) in [5, 5.41) is 1.19. The molecule has 1 atom stereocenters. The highest BCUT2D eigenvalue weighted by Crippen LogP contribution is 2.25. The Morgan fingerprint density at radius 1 is 1.35 bits per heavy atom. The molecule has 3 nitrogen and oxygen atoms in total. The highest BCUT2D eigenvalue weighted by molar-refractivity contribution is 5.91. The van der Waals surface area contributed by atoms with Crippen LogP contribution in [0.15, 0.2) is 30.5 Å². The van der Waals surface area contributed by atoms with E-state index >= 15 is 0 Å². The molecule has 2 N–H and O–H groups in total. The molecule has 0 saturated carbocycles. The molecule has 2 rings (SSSR count). The zero-order valence-corrected chi connectivity index (χ0v) is 10.6. The van der Waals surface area contributed by atoms with Crippen LogP contribution in [0.2, 0.25) is 0 Å². The molecule has 90 valence electrons. The third kappa shape index (κ3) is 2.56. The number of hydrogen-bond donors (Lipinski definition) is 1. The van der Waals surface area contributed by atoms with Gasteiger partial charge in [-0.1, -0.05) is 11.6 Å². The van der Waals surface area contributed by atoms with E-state index in [-0.39, 0.29) is 6.04 Å². The van der Waals surface area contributed by atoms with Crippen LogP contribution in [0.1, 0.15) is 12.5 Å². The van der Waals surface area contributed by atoms with Gasteiger partial charge in [0.2, 0.25) is 0 Å². The van der Waals surface area contributed by atoms with Gasteiger partial charge < -0.3 is 10.6 Å². The van der Waals surface area contributed by atoms with Crippen molar-refractivity contribution in [1.29, 1.82) is 0 Å². The number of hydrogen-bond acceptors (Lipinski definition) is 3. The number of rotatable bonds is 3. The maximum Gasteiger partial charge on any atom is 0.0722 e. The number of pyridine rings is 1. The molecule has 0 aliphatic rings. The Labute approximate surface area is 102 Å². The second kappa shape index (κ2) is 4.72. The number of anilines is 1. The standard InChI is InChI=1S/C14H19N3/c1-10-4-5-13-12(8-10)14(6-7-16-13)17(3)9-11(2)15/h4-8,11H,9,15H2,1-3H3. The first-order valence-electron chi connectivity index (χ1n) is 5.90. The van der Waals surface area contributed by atoms with E-state index in [0.29, 0.717) is 0 Å². The molecule has 2 aromatic rings. The quantitative estimate of drug-likeness (QED) is 0.878. The molecule has 0 spiro atoms. The van der Waals surface area contributed by atoms with Crippen molar-refractivity contribution in [2.24, 2.45) is 5.73 Å². The van der Waals surface area contributed by atoms with Gasteiger partial charge in [-0.3, -0.25) is 4.98 Å². The van der Waals surface area contributed by atoms with Crippen molar-refractivity contribution in [3.63, 3.8) is 0 Å². The van der Waals surface area contributed by atoms with Crippen LogP contribution in [-0.4, -0.2) is 24.6 Å². The fourth-order valence-electron chi connectivity index (χ4n) is 2.11. The van der Waals surface area contributed by atoms with E-state index in [4.69, 9.17) is 5.73 Å². The van der Waals surface area contributed by atoms with Crippen LogP contribution in [0.25, 0.3) is 10.9 Å². The minimum absolute atomic E-state index is 0.160. The van der Waals surface area contributed by atoms with Crippen molar-refractivity contribution in [2.45, 2.75) is 19.9 Å². The van der Waals surface area contributed by atoms with Gasteiger partial charge in [0.1, 0.15) is 0 Å². The molecular formula is C14H19N3. The predicted molar refractivity (Wildman–Crippen MR) is 73.4 cm³/mol. The molecule has 1 aromatic heterocycles. The van der Waals surface area contributed by atoms with Crippen LogP contribution >= 0.6 is 0 Å². The molecule has 1 heterocycles. The first-order valence-corrected chi connectivity index (χ1v) is 5.90. The average molecular weight is 229 g/mol. The van der Waals surface area contributed by atoms with Gasteiger partial charge in [-0.05, 0) is 32.0 Å². The maximum atomic E-state index is 5.85. The maximum absolute atomic E-state index is 5.85. The third-order valence-electron chi connectivity index (χ3n) is 2.85. The fraction of sp³-hybridized carbons (Fsp3) is 0.357. The van der Waals surface area contributed by atoms with Gasteiger partial charge in [-0.25, -0.2) is 0 Å². The third-order valence-corrected chi connectivity index (χ3v) is 2.85. The molecule has 0 aliphatic carbocycles. The van der Waals surface area contributed by atoms with Crippen molar-refractivity contribution in [3.05, 3.63) is 36.0 Å². The van der Waals surface area contributed by atoms with Crippen molar-refractivity contribution < 1.29 is 0 Å². The van der Waals surface area contributed by atoms with Crippen LogP contribution in [0.4, 0.5) is 5.69 Å². The van der Waals surface area contributed by atoms with E-state index in [2.05, 4.69) is 42.1 Å². The summed E-state index contributed by atoms with van der Waals surface area (Å²) in [4.78, 5) is 6.58. The number of aryl methyl sites for hydroxylation is 1. The normalized spacial score (nSPS) is 12.7. The van der Waals surface area contributed by atoms with E-state index in [1.807, 2.05) is 19.2 Å². The van der Waals surface area contributed by atoms with Crippen LogP contribution in [0, 0.1) is 6.92 Å². The largest absolute Gasteiger partial charge is 0.372 e. The number of fused-ring (bicyclic) bond motifs is 1. The summed E-state index contributed by atoms with van der Waals surface area (Å²) in [5.41, 5.74) is 9.32. The van der Waals surface area contributed by atoms with E-state index in [1.165, 1.54) is 16.6 Å². The van der Waals surface area contributed by atoms with Crippen molar-refractivity contribution in [3.8, 4) is 0 Å². The molecule has 1 unspecified atom stereocenters. The van der Waals surface area contributed by atoms with Crippen LogP contribution in [0.5, 0.6) is 0 Å². The van der Waals surface area contributed by atoms with Crippen molar-refractivity contribution >= 4 is 16.6 Å². The molecule has 0 aliphatic heterocycles. The van der Waals surface area contributed by atoms with Gasteiger partial charge >= 0.3 is 0 Å². The monoisotopic (exact) mass is 229 g/mol. The second-order valence-electron chi connectivity index (χ2n) is 4.71. The lowest BCUT2D eigenvalue weighted by Gasteiger charge is -2.22. The zero-order chi connectivity index (χ0) is 12.4. The second-order valence-corrected chi connectivity index (χ2v) is 4.71. The zero-order valence-electron chi connectivity index (χ0n) is 10.6. The van der Waals surface area contributed by atoms with Gasteiger partial charge in [0.25, 0.3) is 0 Å². The minimum Gasteiger partial charge on any atom is -0.372 e. The van der Waals surface area contributed by atoms with Crippen LogP contribution in [-0.2, 0) is 0 Å². The minimum atomic E-state index is 0.160. The number of aromatic nitrogens is 1. The molecule has 1 aromatic carbocycles. The van der Waals surface area contributed by atoms with Gasteiger partial charge in [0, 0.05) is 36.9 Å². The average Bonchev–Trinajstić information content (AvgIpc) is 2.27. The molecule has 0 amide bonds. The summed E-state index contributed by atoms with van der Waals surface area (Å²) < 4.78 is 0. The lowest BCUT2D eigenvalue weighted by molar-refractivity contribution is 0.719. The number of nitrogens with two attached hydrogens (primary N) is 1. The van der Waals surface area contributed by atoms with Gasteiger partial charge in [-0.2, -0.15) is 0 Å². The molecule has 0 radical (unpaired) electrons. The highest BCUT2D eigenvalue weighted by atomic mass is 15.1. The summed E-state index contributed by atoms with van der Waals surface area (Å²) in [7, 11) is 2.07. The Balaban J connectivity index is 2.49. The molecule has 3 heteroatoms. The molecular weight excluding hydrogens is 210 g/mol. The van der Waals surface area contributed by atoms with E-state index in [0.717, 1.165) is 12.1 Å². The van der Waals surface area contributed by atoms with E-state index < -0.39 is 0 Å². The van der Waals surface area contributed by atoms with E-state index in [9.17, 15) is 0 Å². The van der Waals surface area contributed by atoms with Crippen LogP contribution < -0.4 is 10.6 Å². The lowest BCUT2D eigenvalue weighted by Crippen LogP contribution is -2.32. The van der Waals surface area contributed by atoms with Gasteiger partial charge in [-0.15, -0.1) is 0 Å². The number of nitrogens with zero attached hydrogens (tertiary/aromatic N) is 2. The van der Waals surface area contributed by atoms with E-state index in [1.54, 1.807) is 0 Å². The number of likely N-dealkylation sites (N-methyl/N-ethyl adjacent to an activating group) is 1. The van der Waals surface area contributed by atoms with Crippen molar-refractivity contribution in [1.82, 2.24) is 4.98 Å². The Kier molecular flexibility index (Phi) is 3.29. The first-order chi connectivity index (χ1) is 8.08. The predicted octanol–water partition coefficient (Wildman–Crippen LogP) is 2.33. The van der Waals surface area contributed by atoms with Crippen molar-refractivity contribution in [2.75, 3.05) is 18.5 Å². The first kappa shape index (κ1) is 11.9. The SMILES string of the molecule is Cc1ccc2nccc(N(C)CC(C)N)c2c1. The Bertz CT molecular complexity index is 520.